The molecule has 8 nitrogen and oxygen atoms in total. The van der Waals surface area contributed by atoms with Crippen LogP contribution in [-0.4, -0.2) is 15.6 Å². The molecule has 0 atom stereocenters. The van der Waals surface area contributed by atoms with Crippen LogP contribution in [-0.2, 0) is 26.1 Å². The van der Waals surface area contributed by atoms with Gasteiger partial charge in [0.25, 0.3) is 11.5 Å². The number of fused-ring (bicyclic) bond motifs is 1. The molecule has 0 unspecified atom stereocenters. The molecule has 4 heterocycles. The number of hydrogen-bond acceptors (Lipinski definition) is 6. The maximum Gasteiger partial charge on any atom is 0.257 e. The van der Waals surface area contributed by atoms with Crippen molar-refractivity contribution in [2.45, 2.75) is 66.2 Å². The van der Waals surface area contributed by atoms with Gasteiger partial charge in [-0.1, -0.05) is 11.6 Å². The van der Waals surface area contributed by atoms with Crippen molar-refractivity contribution in [1.29, 1.82) is 0 Å². The third-order valence-corrected chi connectivity index (χ3v) is 5.68. The molecule has 1 aliphatic heterocycles. The molecule has 164 valence electrons. The molecule has 4 rings (SSSR count). The van der Waals surface area contributed by atoms with Gasteiger partial charge in [-0.05, 0) is 52.2 Å². The van der Waals surface area contributed by atoms with Gasteiger partial charge in [-0.3, -0.25) is 9.59 Å². The zero-order chi connectivity index (χ0) is 22.0. The number of nitrogens with zero attached hydrogens (tertiary/aromatic N) is 2. The fourth-order valence-electron chi connectivity index (χ4n) is 3.97. The van der Waals surface area contributed by atoms with Crippen molar-refractivity contribution in [3.8, 4) is 5.75 Å². The Bertz CT molecular complexity index is 1140. The maximum atomic E-state index is 13.3. The predicted octanol–water partition coefficient (Wildman–Crippen LogP) is 3.59. The van der Waals surface area contributed by atoms with Crippen molar-refractivity contribution >= 4 is 5.91 Å². The van der Waals surface area contributed by atoms with Crippen LogP contribution in [0.15, 0.2) is 31.9 Å². The summed E-state index contributed by atoms with van der Waals surface area (Å²) in [6.07, 6.45) is 3.51. The smallest absolute Gasteiger partial charge is 0.257 e. The van der Waals surface area contributed by atoms with Crippen molar-refractivity contribution < 1.29 is 18.5 Å². The van der Waals surface area contributed by atoms with E-state index in [2.05, 4.69) is 10.5 Å². The summed E-state index contributed by atoms with van der Waals surface area (Å²) in [6, 6.07) is 5.10. The van der Waals surface area contributed by atoms with Gasteiger partial charge in [0.15, 0.2) is 0 Å². The number of pyridine rings is 1. The van der Waals surface area contributed by atoms with Crippen molar-refractivity contribution in [3.63, 3.8) is 0 Å². The fraction of sp³-hybridized carbons (Fsp3) is 0.435. The number of nitrogens with one attached hydrogen (secondary N) is 1. The Kier molecular flexibility index (Phi) is 5.97. The van der Waals surface area contributed by atoms with Gasteiger partial charge in [0, 0.05) is 18.3 Å². The number of rotatable bonds is 6. The van der Waals surface area contributed by atoms with E-state index in [0.717, 1.165) is 42.0 Å². The molecule has 0 aliphatic carbocycles. The molecular formula is C23H27N3O5. The summed E-state index contributed by atoms with van der Waals surface area (Å²) >= 11 is 0. The quantitative estimate of drug-likeness (QED) is 0.648. The van der Waals surface area contributed by atoms with E-state index in [1.165, 1.54) is 6.07 Å². The van der Waals surface area contributed by atoms with E-state index in [1.54, 1.807) is 4.57 Å². The number of carbonyl (C=O) groups excluding carboxylic acids is 1. The lowest BCUT2D eigenvalue weighted by molar-refractivity contribution is 0.0941. The summed E-state index contributed by atoms with van der Waals surface area (Å²) in [5.74, 6) is 2.11. The lowest BCUT2D eigenvalue weighted by Gasteiger charge is -2.18. The van der Waals surface area contributed by atoms with E-state index < -0.39 is 0 Å². The number of carbonyl (C=O) groups is 1. The van der Waals surface area contributed by atoms with Gasteiger partial charge >= 0.3 is 0 Å². The average Bonchev–Trinajstić information content (AvgIpc) is 3.19. The van der Waals surface area contributed by atoms with Crippen LogP contribution in [0.25, 0.3) is 0 Å². The molecule has 0 saturated carbocycles. The molecule has 1 aliphatic rings. The summed E-state index contributed by atoms with van der Waals surface area (Å²) in [5.41, 5.74) is 2.53. The minimum Gasteiger partial charge on any atom is -0.488 e. The molecule has 8 heteroatoms. The molecule has 0 fully saturated rings. The SMILES string of the molecule is Cc1ccc(CNC(=O)c2c(OCc3c(C)noc3C)cc(=O)n3c2CCCCC3)o1. The summed E-state index contributed by atoms with van der Waals surface area (Å²) in [7, 11) is 0. The van der Waals surface area contributed by atoms with Crippen LogP contribution in [0.1, 0.15) is 63.9 Å². The Balaban J connectivity index is 1.67. The van der Waals surface area contributed by atoms with Crippen molar-refractivity contribution in [2.75, 3.05) is 0 Å². The lowest BCUT2D eigenvalue weighted by atomic mass is 10.1. The number of aromatic nitrogens is 2. The van der Waals surface area contributed by atoms with Gasteiger partial charge in [0.2, 0.25) is 0 Å². The van der Waals surface area contributed by atoms with Crippen LogP contribution in [0.4, 0.5) is 0 Å². The highest BCUT2D eigenvalue weighted by Crippen LogP contribution is 2.26. The molecule has 3 aromatic rings. The second kappa shape index (κ2) is 8.83. The Hall–Kier alpha value is -3.29. The van der Waals surface area contributed by atoms with Gasteiger partial charge in [-0.2, -0.15) is 0 Å². The van der Waals surface area contributed by atoms with E-state index in [1.807, 2.05) is 32.9 Å². The van der Waals surface area contributed by atoms with Gasteiger partial charge in [0.1, 0.15) is 35.2 Å². The predicted molar refractivity (Wildman–Crippen MR) is 113 cm³/mol. The Morgan fingerprint density at radius 1 is 1.23 bits per heavy atom. The minimum atomic E-state index is -0.284. The van der Waals surface area contributed by atoms with E-state index in [-0.39, 0.29) is 30.4 Å². The van der Waals surface area contributed by atoms with Crippen LogP contribution < -0.4 is 15.6 Å². The highest BCUT2D eigenvalue weighted by Gasteiger charge is 2.24. The molecule has 0 radical (unpaired) electrons. The van der Waals surface area contributed by atoms with E-state index in [0.29, 0.717) is 30.0 Å². The number of furan rings is 1. The van der Waals surface area contributed by atoms with Crippen LogP contribution in [0, 0.1) is 20.8 Å². The Labute approximate surface area is 180 Å². The first-order valence-electron chi connectivity index (χ1n) is 10.6. The normalized spacial score (nSPS) is 13.5. The third kappa shape index (κ3) is 4.42. The zero-order valence-electron chi connectivity index (χ0n) is 18.1. The third-order valence-electron chi connectivity index (χ3n) is 5.68. The molecule has 3 aromatic heterocycles. The number of aryl methyl sites for hydroxylation is 3. The lowest BCUT2D eigenvalue weighted by Crippen LogP contribution is -2.30. The number of ether oxygens (including phenoxy) is 1. The summed E-state index contributed by atoms with van der Waals surface area (Å²) in [4.78, 5) is 26.1. The summed E-state index contributed by atoms with van der Waals surface area (Å²) in [6.45, 7) is 6.53. The fourth-order valence-corrected chi connectivity index (χ4v) is 3.97. The second-order valence-electron chi connectivity index (χ2n) is 7.92. The first kappa shape index (κ1) is 21.0. The highest BCUT2D eigenvalue weighted by atomic mass is 16.5. The maximum absolute atomic E-state index is 13.3. The number of amides is 1. The summed E-state index contributed by atoms with van der Waals surface area (Å²) < 4.78 is 18.5. The standard InChI is InChI=1S/C23H27N3O5/c1-14-8-9-17(30-14)12-24-23(28)22-19-7-5-4-6-10-26(19)21(27)11-20(22)29-13-18-15(2)25-31-16(18)3/h8-9,11H,4-7,10,12-13H2,1-3H3,(H,24,28). The Morgan fingerprint density at radius 2 is 2.06 bits per heavy atom. The van der Waals surface area contributed by atoms with Crippen LogP contribution in [0.5, 0.6) is 5.75 Å². The van der Waals surface area contributed by atoms with Gasteiger partial charge < -0.3 is 23.6 Å². The first-order valence-corrected chi connectivity index (χ1v) is 10.6. The van der Waals surface area contributed by atoms with E-state index in [4.69, 9.17) is 13.7 Å². The number of hydrogen-bond donors (Lipinski definition) is 1. The van der Waals surface area contributed by atoms with Gasteiger partial charge in [0.05, 0.1) is 17.8 Å². The summed E-state index contributed by atoms with van der Waals surface area (Å²) in [5, 5.41) is 6.86. The molecule has 0 aromatic carbocycles. The van der Waals surface area contributed by atoms with Crippen molar-refractivity contribution in [1.82, 2.24) is 15.0 Å². The molecule has 1 amide bonds. The zero-order valence-corrected chi connectivity index (χ0v) is 18.1. The van der Waals surface area contributed by atoms with Gasteiger partial charge in [-0.25, -0.2) is 0 Å². The molecule has 0 spiro atoms. The van der Waals surface area contributed by atoms with Crippen molar-refractivity contribution in [3.05, 3.63) is 68.3 Å². The molecule has 1 N–H and O–H groups in total. The van der Waals surface area contributed by atoms with E-state index in [9.17, 15) is 9.59 Å². The highest BCUT2D eigenvalue weighted by molar-refractivity contribution is 5.98. The van der Waals surface area contributed by atoms with Crippen LogP contribution >= 0.6 is 0 Å². The Morgan fingerprint density at radius 3 is 2.77 bits per heavy atom. The van der Waals surface area contributed by atoms with Crippen LogP contribution in [0.3, 0.4) is 0 Å². The van der Waals surface area contributed by atoms with Crippen LogP contribution in [0.2, 0.25) is 0 Å². The topological polar surface area (TPSA) is 99.5 Å². The largest absolute Gasteiger partial charge is 0.488 e. The molecular weight excluding hydrogens is 398 g/mol. The van der Waals surface area contributed by atoms with E-state index >= 15 is 0 Å². The second-order valence-corrected chi connectivity index (χ2v) is 7.92. The first-order chi connectivity index (χ1) is 14.9. The minimum absolute atomic E-state index is 0.149. The van der Waals surface area contributed by atoms with Crippen molar-refractivity contribution in [2.24, 2.45) is 0 Å². The molecule has 0 bridgehead atoms. The van der Waals surface area contributed by atoms with Gasteiger partial charge in [-0.15, -0.1) is 0 Å². The molecule has 0 saturated heterocycles. The monoisotopic (exact) mass is 425 g/mol. The average molecular weight is 425 g/mol. The molecule has 31 heavy (non-hydrogen) atoms.